The highest BCUT2D eigenvalue weighted by Crippen LogP contribution is 2.31. The highest BCUT2D eigenvalue weighted by atomic mass is 16.3. The Morgan fingerprint density at radius 1 is 1.41 bits per heavy atom. The number of nitrogens with one attached hydrogen (secondary N) is 1. The van der Waals surface area contributed by atoms with Gasteiger partial charge in [0.25, 0.3) is 0 Å². The fourth-order valence-electron chi connectivity index (χ4n) is 2.55. The maximum atomic E-state index is 12.0. The van der Waals surface area contributed by atoms with Crippen LogP contribution in [0.25, 0.3) is 0 Å². The molecule has 1 rings (SSSR count). The van der Waals surface area contributed by atoms with Crippen molar-refractivity contribution < 1.29 is 9.90 Å². The van der Waals surface area contributed by atoms with Gasteiger partial charge >= 0.3 is 0 Å². The molecule has 1 aliphatic carbocycles. The van der Waals surface area contributed by atoms with Gasteiger partial charge in [0.1, 0.15) is 0 Å². The third-order valence-electron chi connectivity index (χ3n) is 4.21. The highest BCUT2D eigenvalue weighted by Gasteiger charge is 2.33. The third-order valence-corrected chi connectivity index (χ3v) is 4.21. The van der Waals surface area contributed by atoms with Gasteiger partial charge in [0.05, 0.1) is 5.60 Å². The van der Waals surface area contributed by atoms with Gasteiger partial charge in [0, 0.05) is 12.5 Å². The van der Waals surface area contributed by atoms with Gasteiger partial charge < -0.3 is 16.2 Å². The molecule has 0 bridgehead atoms. The molecule has 100 valence electrons. The van der Waals surface area contributed by atoms with Gasteiger partial charge in [-0.2, -0.15) is 0 Å². The molecule has 1 aliphatic rings. The molecular formula is C13H26N2O2. The molecule has 0 saturated heterocycles. The minimum absolute atomic E-state index is 0.0537. The van der Waals surface area contributed by atoms with E-state index in [1.807, 2.05) is 13.8 Å². The van der Waals surface area contributed by atoms with Crippen LogP contribution in [0.5, 0.6) is 0 Å². The van der Waals surface area contributed by atoms with Crippen molar-refractivity contribution in [2.45, 2.75) is 51.6 Å². The van der Waals surface area contributed by atoms with Crippen LogP contribution < -0.4 is 11.1 Å². The SMILES string of the molecule is CCC(O)(CC)CNC(=O)C1CCCC1CN. The Morgan fingerprint density at radius 2 is 2.06 bits per heavy atom. The number of nitrogens with two attached hydrogens (primary N) is 1. The lowest BCUT2D eigenvalue weighted by Crippen LogP contribution is -2.45. The fourth-order valence-corrected chi connectivity index (χ4v) is 2.55. The zero-order chi connectivity index (χ0) is 12.9. The van der Waals surface area contributed by atoms with Crippen LogP contribution in [0.4, 0.5) is 0 Å². The number of carbonyl (C=O) groups is 1. The summed E-state index contributed by atoms with van der Waals surface area (Å²) in [6, 6.07) is 0. The quantitative estimate of drug-likeness (QED) is 0.651. The first kappa shape index (κ1) is 14.5. The van der Waals surface area contributed by atoms with E-state index in [1.165, 1.54) is 0 Å². The van der Waals surface area contributed by atoms with Crippen LogP contribution in [0.1, 0.15) is 46.0 Å². The molecule has 1 fully saturated rings. The average Bonchev–Trinajstić information content (AvgIpc) is 2.83. The number of rotatable bonds is 6. The molecule has 0 spiro atoms. The van der Waals surface area contributed by atoms with Crippen molar-refractivity contribution in [2.75, 3.05) is 13.1 Å². The predicted molar refractivity (Wildman–Crippen MR) is 68.4 cm³/mol. The number of carbonyl (C=O) groups excluding carboxylic acids is 1. The van der Waals surface area contributed by atoms with Crippen molar-refractivity contribution in [2.24, 2.45) is 17.6 Å². The van der Waals surface area contributed by atoms with Gasteiger partial charge in [-0.1, -0.05) is 20.3 Å². The largest absolute Gasteiger partial charge is 0.388 e. The maximum Gasteiger partial charge on any atom is 0.223 e. The maximum absolute atomic E-state index is 12.0. The van der Waals surface area contributed by atoms with Crippen molar-refractivity contribution in [3.05, 3.63) is 0 Å². The number of hydrogen-bond acceptors (Lipinski definition) is 3. The second-order valence-corrected chi connectivity index (χ2v) is 5.18. The van der Waals surface area contributed by atoms with Crippen LogP contribution >= 0.6 is 0 Å². The molecule has 2 atom stereocenters. The first-order chi connectivity index (χ1) is 8.06. The van der Waals surface area contributed by atoms with Crippen LogP contribution in [0.2, 0.25) is 0 Å². The topological polar surface area (TPSA) is 75.3 Å². The van der Waals surface area contributed by atoms with Gasteiger partial charge in [0.15, 0.2) is 0 Å². The molecule has 0 aliphatic heterocycles. The third kappa shape index (κ3) is 3.68. The van der Waals surface area contributed by atoms with E-state index >= 15 is 0 Å². The van der Waals surface area contributed by atoms with Crippen molar-refractivity contribution in [1.29, 1.82) is 0 Å². The van der Waals surface area contributed by atoms with Crippen LogP contribution in [-0.2, 0) is 4.79 Å². The van der Waals surface area contributed by atoms with E-state index in [9.17, 15) is 9.90 Å². The summed E-state index contributed by atoms with van der Waals surface area (Å²) in [5.74, 6) is 0.447. The summed E-state index contributed by atoms with van der Waals surface area (Å²) in [5, 5.41) is 13.0. The molecule has 4 heteroatoms. The van der Waals surface area contributed by atoms with Gasteiger partial charge in [-0.05, 0) is 38.1 Å². The Balaban J connectivity index is 2.44. The molecule has 1 amide bonds. The molecule has 0 aromatic carbocycles. The molecule has 1 saturated carbocycles. The summed E-state index contributed by atoms with van der Waals surface area (Å²) in [4.78, 5) is 12.0. The molecule has 0 aromatic heterocycles. The molecule has 4 N–H and O–H groups in total. The summed E-state index contributed by atoms with van der Waals surface area (Å²) in [6.45, 7) is 4.82. The molecule has 4 nitrogen and oxygen atoms in total. The Kier molecular flexibility index (Phi) is 5.40. The predicted octanol–water partition coefficient (Wildman–Crippen LogP) is 1.03. The molecule has 0 radical (unpaired) electrons. The highest BCUT2D eigenvalue weighted by molar-refractivity contribution is 5.79. The van der Waals surface area contributed by atoms with E-state index in [2.05, 4.69) is 5.32 Å². The minimum Gasteiger partial charge on any atom is -0.388 e. The Labute approximate surface area is 104 Å². The summed E-state index contributed by atoms with van der Waals surface area (Å²) in [7, 11) is 0. The van der Waals surface area contributed by atoms with E-state index in [4.69, 9.17) is 5.73 Å². The molecule has 2 unspecified atom stereocenters. The zero-order valence-corrected chi connectivity index (χ0v) is 11.0. The summed E-state index contributed by atoms with van der Waals surface area (Å²) >= 11 is 0. The van der Waals surface area contributed by atoms with Crippen molar-refractivity contribution in [3.8, 4) is 0 Å². The van der Waals surface area contributed by atoms with Crippen molar-refractivity contribution in [3.63, 3.8) is 0 Å². The Morgan fingerprint density at radius 3 is 2.59 bits per heavy atom. The molecule has 17 heavy (non-hydrogen) atoms. The first-order valence-electron chi connectivity index (χ1n) is 6.76. The number of hydrogen-bond donors (Lipinski definition) is 3. The summed E-state index contributed by atoms with van der Waals surface area (Å²) < 4.78 is 0. The van der Waals surface area contributed by atoms with Gasteiger partial charge in [-0.3, -0.25) is 4.79 Å². The minimum atomic E-state index is -0.757. The van der Waals surface area contributed by atoms with E-state index in [1.54, 1.807) is 0 Å². The number of aliphatic hydroxyl groups is 1. The van der Waals surface area contributed by atoms with E-state index in [0.29, 0.717) is 31.8 Å². The van der Waals surface area contributed by atoms with E-state index in [0.717, 1.165) is 19.3 Å². The fraction of sp³-hybridized carbons (Fsp3) is 0.923. The van der Waals surface area contributed by atoms with Crippen molar-refractivity contribution in [1.82, 2.24) is 5.32 Å². The van der Waals surface area contributed by atoms with Crippen LogP contribution in [-0.4, -0.2) is 29.7 Å². The first-order valence-corrected chi connectivity index (χ1v) is 6.76. The van der Waals surface area contributed by atoms with Gasteiger partial charge in [-0.15, -0.1) is 0 Å². The smallest absolute Gasteiger partial charge is 0.223 e. The second-order valence-electron chi connectivity index (χ2n) is 5.18. The van der Waals surface area contributed by atoms with E-state index < -0.39 is 5.60 Å². The van der Waals surface area contributed by atoms with E-state index in [-0.39, 0.29) is 11.8 Å². The Bertz CT molecular complexity index is 252. The Hall–Kier alpha value is -0.610. The lowest BCUT2D eigenvalue weighted by Gasteiger charge is -2.27. The molecule has 0 heterocycles. The van der Waals surface area contributed by atoms with Crippen LogP contribution in [0, 0.1) is 11.8 Å². The molecule has 0 aromatic rings. The number of amides is 1. The van der Waals surface area contributed by atoms with Gasteiger partial charge in [0.2, 0.25) is 5.91 Å². The standard InChI is InChI=1S/C13H26N2O2/c1-3-13(17,4-2)9-15-12(16)11-7-5-6-10(11)8-14/h10-11,17H,3-9,14H2,1-2H3,(H,15,16). The van der Waals surface area contributed by atoms with Crippen LogP contribution in [0.15, 0.2) is 0 Å². The van der Waals surface area contributed by atoms with Crippen LogP contribution in [0.3, 0.4) is 0 Å². The normalized spacial score (nSPS) is 24.9. The summed E-state index contributed by atoms with van der Waals surface area (Å²) in [6.07, 6.45) is 4.40. The second kappa shape index (κ2) is 6.36. The molecular weight excluding hydrogens is 216 g/mol. The lowest BCUT2D eigenvalue weighted by atomic mass is 9.94. The lowest BCUT2D eigenvalue weighted by molar-refractivity contribution is -0.127. The van der Waals surface area contributed by atoms with Crippen molar-refractivity contribution >= 4 is 5.91 Å². The monoisotopic (exact) mass is 242 g/mol. The van der Waals surface area contributed by atoms with Gasteiger partial charge in [-0.25, -0.2) is 0 Å². The average molecular weight is 242 g/mol. The summed E-state index contributed by atoms with van der Waals surface area (Å²) in [5.41, 5.74) is 4.91. The zero-order valence-electron chi connectivity index (χ0n) is 11.0.